The van der Waals surface area contributed by atoms with Gasteiger partial charge in [0, 0.05) is 35.2 Å². The van der Waals surface area contributed by atoms with Crippen LogP contribution in [0.3, 0.4) is 0 Å². The fraction of sp³-hybridized carbons (Fsp3) is 0.303. The maximum absolute atomic E-state index is 13.2. The van der Waals surface area contributed by atoms with Crippen LogP contribution in [0.15, 0.2) is 66.9 Å². The van der Waals surface area contributed by atoms with Gasteiger partial charge >= 0.3 is 18.0 Å². The summed E-state index contributed by atoms with van der Waals surface area (Å²) in [6, 6.07) is 15.3. The third-order valence-electron chi connectivity index (χ3n) is 7.62. The van der Waals surface area contributed by atoms with Crippen LogP contribution in [-0.2, 0) is 22.2 Å². The number of halogens is 3. The highest BCUT2D eigenvalue weighted by atomic mass is 31.0. The minimum atomic E-state index is -4.51. The first-order chi connectivity index (χ1) is 22.1. The van der Waals surface area contributed by atoms with Crippen LogP contribution in [0.25, 0.3) is 10.9 Å². The maximum atomic E-state index is 13.2. The number of anilines is 1. The highest BCUT2D eigenvalue weighted by Gasteiger charge is 2.32. The summed E-state index contributed by atoms with van der Waals surface area (Å²) in [5.41, 5.74) is 0.253. The minimum absolute atomic E-state index is 0.0285. The molecule has 1 aromatic heterocycles. The van der Waals surface area contributed by atoms with Gasteiger partial charge in [0.1, 0.15) is 11.5 Å². The van der Waals surface area contributed by atoms with Crippen LogP contribution in [0.4, 0.5) is 18.9 Å². The van der Waals surface area contributed by atoms with E-state index in [1.54, 1.807) is 37.6 Å². The number of fused-ring (bicyclic) bond motifs is 1. The molecular formula is C33H34F3N4O5P. The summed E-state index contributed by atoms with van der Waals surface area (Å²) in [6.45, 7) is 2.42. The van der Waals surface area contributed by atoms with Gasteiger partial charge in [0.05, 0.1) is 24.8 Å². The average Bonchev–Trinajstić information content (AvgIpc) is 3.04. The molecule has 242 valence electrons. The third kappa shape index (κ3) is 8.24. The van der Waals surface area contributed by atoms with E-state index < -0.39 is 23.6 Å². The Balaban J connectivity index is 1.20. The van der Waals surface area contributed by atoms with Crippen molar-refractivity contribution in [2.75, 3.05) is 38.7 Å². The number of ether oxygens (including phenoxy) is 3. The molecule has 0 aliphatic carbocycles. The number of alkyl halides is 3. The number of hydrogen-bond acceptors (Lipinski definition) is 7. The van der Waals surface area contributed by atoms with E-state index in [0.717, 1.165) is 32.0 Å². The Kier molecular flexibility index (Phi) is 10.6. The Morgan fingerprint density at radius 2 is 1.76 bits per heavy atom. The molecule has 9 nitrogen and oxygen atoms in total. The molecular weight excluding hydrogens is 620 g/mol. The largest absolute Gasteiger partial charge is 0.493 e. The molecule has 2 amide bonds. The van der Waals surface area contributed by atoms with Gasteiger partial charge in [0.15, 0.2) is 11.5 Å². The molecule has 0 saturated carbocycles. The average molecular weight is 655 g/mol. The Bertz CT molecular complexity index is 1710. The summed E-state index contributed by atoms with van der Waals surface area (Å²) in [4.78, 5) is 29.3. The van der Waals surface area contributed by atoms with Crippen LogP contribution in [0, 0.1) is 5.92 Å². The molecule has 0 spiro atoms. The predicted octanol–water partition coefficient (Wildman–Crippen LogP) is 5.23. The lowest BCUT2D eigenvalue weighted by molar-refractivity contribution is -0.138. The van der Waals surface area contributed by atoms with Crippen molar-refractivity contribution in [2.24, 2.45) is 5.92 Å². The summed E-state index contributed by atoms with van der Waals surface area (Å²) >= 11 is 0. The summed E-state index contributed by atoms with van der Waals surface area (Å²) in [7, 11) is 4.11. The van der Waals surface area contributed by atoms with Crippen molar-refractivity contribution in [3.63, 3.8) is 0 Å². The SMILES string of the molecule is COc1cc2c(Oc3ccc(NC(=O)C(=O)NCCc4ccccc4C(F)(F)F)cc3P)ccnc2cc1OCC1CCNCC1. The van der Waals surface area contributed by atoms with Gasteiger partial charge in [-0.2, -0.15) is 13.2 Å². The molecule has 5 rings (SSSR count). The lowest BCUT2D eigenvalue weighted by atomic mass is 9.99. The van der Waals surface area contributed by atoms with Gasteiger partial charge in [0.2, 0.25) is 0 Å². The molecule has 4 aromatic rings. The molecule has 1 atom stereocenters. The zero-order chi connectivity index (χ0) is 32.7. The molecule has 46 heavy (non-hydrogen) atoms. The van der Waals surface area contributed by atoms with Crippen molar-refractivity contribution in [3.05, 3.63) is 78.0 Å². The Labute approximate surface area is 266 Å². The highest BCUT2D eigenvalue weighted by Crippen LogP contribution is 2.38. The molecule has 3 aromatic carbocycles. The second kappa shape index (κ2) is 14.8. The number of amides is 2. The van der Waals surface area contributed by atoms with Crippen molar-refractivity contribution in [1.29, 1.82) is 0 Å². The van der Waals surface area contributed by atoms with E-state index in [2.05, 4.69) is 30.2 Å². The number of carbonyl (C=O) groups excluding carboxylic acids is 2. The first-order valence-electron chi connectivity index (χ1n) is 14.7. The number of nitrogens with one attached hydrogen (secondary N) is 3. The summed E-state index contributed by atoms with van der Waals surface area (Å²) in [6.07, 6.45) is -0.839. The number of carbonyl (C=O) groups is 2. The van der Waals surface area contributed by atoms with Gasteiger partial charge in [-0.05, 0) is 80.2 Å². The lowest BCUT2D eigenvalue weighted by Gasteiger charge is -2.23. The third-order valence-corrected chi connectivity index (χ3v) is 8.07. The molecule has 13 heteroatoms. The van der Waals surface area contributed by atoms with Gasteiger partial charge in [-0.3, -0.25) is 14.6 Å². The molecule has 1 aliphatic rings. The first kappa shape index (κ1) is 33.0. The van der Waals surface area contributed by atoms with Crippen molar-refractivity contribution in [3.8, 4) is 23.0 Å². The number of benzene rings is 3. The molecule has 1 saturated heterocycles. The summed E-state index contributed by atoms with van der Waals surface area (Å²) < 4.78 is 57.6. The predicted molar refractivity (Wildman–Crippen MR) is 172 cm³/mol. The number of aromatic nitrogens is 1. The monoisotopic (exact) mass is 654 g/mol. The maximum Gasteiger partial charge on any atom is 0.416 e. The van der Waals surface area contributed by atoms with E-state index in [0.29, 0.717) is 57.4 Å². The quantitative estimate of drug-likeness (QED) is 0.159. The number of nitrogens with zero attached hydrogens (tertiary/aromatic N) is 1. The van der Waals surface area contributed by atoms with Gasteiger partial charge in [-0.15, -0.1) is 9.24 Å². The van der Waals surface area contributed by atoms with Crippen LogP contribution >= 0.6 is 9.24 Å². The van der Waals surface area contributed by atoms with Crippen molar-refractivity contribution < 1.29 is 37.0 Å². The smallest absolute Gasteiger partial charge is 0.416 e. The zero-order valence-corrected chi connectivity index (χ0v) is 26.2. The van der Waals surface area contributed by atoms with Gasteiger partial charge in [-0.25, -0.2) is 0 Å². The first-order valence-corrected chi connectivity index (χ1v) is 15.3. The second-order valence-electron chi connectivity index (χ2n) is 10.8. The lowest BCUT2D eigenvalue weighted by Crippen LogP contribution is -2.36. The summed E-state index contributed by atoms with van der Waals surface area (Å²) in [5, 5.41) is 9.53. The number of piperidine rings is 1. The van der Waals surface area contributed by atoms with E-state index in [1.807, 2.05) is 12.1 Å². The van der Waals surface area contributed by atoms with Crippen molar-refractivity contribution in [1.82, 2.24) is 15.6 Å². The van der Waals surface area contributed by atoms with E-state index in [-0.39, 0.29) is 18.5 Å². The Morgan fingerprint density at radius 1 is 0.978 bits per heavy atom. The molecule has 1 unspecified atom stereocenters. The van der Waals surface area contributed by atoms with Crippen LogP contribution in [0.5, 0.6) is 23.0 Å². The van der Waals surface area contributed by atoms with E-state index >= 15 is 0 Å². The summed E-state index contributed by atoms with van der Waals surface area (Å²) in [5.74, 6) is 0.737. The number of methoxy groups -OCH3 is 1. The second-order valence-corrected chi connectivity index (χ2v) is 11.4. The Hall–Kier alpha value is -4.41. The van der Waals surface area contributed by atoms with Crippen molar-refractivity contribution >= 4 is 42.9 Å². The van der Waals surface area contributed by atoms with Crippen LogP contribution in [0.1, 0.15) is 24.0 Å². The topological polar surface area (TPSA) is 111 Å². The zero-order valence-electron chi connectivity index (χ0n) is 25.1. The van der Waals surface area contributed by atoms with Gasteiger partial charge in [-0.1, -0.05) is 18.2 Å². The number of hydrogen-bond donors (Lipinski definition) is 3. The Morgan fingerprint density at radius 3 is 2.50 bits per heavy atom. The van der Waals surface area contributed by atoms with Crippen molar-refractivity contribution in [2.45, 2.75) is 25.4 Å². The fourth-order valence-corrected chi connectivity index (χ4v) is 5.51. The molecule has 2 heterocycles. The van der Waals surface area contributed by atoms with Crippen LogP contribution < -0.4 is 35.5 Å². The van der Waals surface area contributed by atoms with Crippen LogP contribution in [0.2, 0.25) is 0 Å². The molecule has 1 fully saturated rings. The molecule has 0 bridgehead atoms. The van der Waals surface area contributed by atoms with Gasteiger partial charge in [0.25, 0.3) is 0 Å². The van der Waals surface area contributed by atoms with E-state index in [1.165, 1.54) is 18.2 Å². The number of rotatable bonds is 10. The highest BCUT2D eigenvalue weighted by molar-refractivity contribution is 7.27. The van der Waals surface area contributed by atoms with Crippen LogP contribution in [-0.4, -0.2) is 50.1 Å². The molecule has 1 aliphatic heterocycles. The fourth-order valence-electron chi connectivity index (χ4n) is 5.18. The standard InChI is InChI=1S/C33H34F3N4O5P/c1-43-28-17-23-25(18-29(28)44-19-20-8-12-37-13-9-20)38-15-11-26(23)45-27-7-6-22(16-30(27)46)40-32(42)31(41)39-14-10-21-4-2-3-5-24(21)33(34,35)36/h2-7,11,15-18,20,37H,8-10,12-14,19,46H2,1H3,(H,39,41)(H,40,42). The van der Waals surface area contributed by atoms with E-state index in [9.17, 15) is 22.8 Å². The number of pyridine rings is 1. The van der Waals surface area contributed by atoms with E-state index in [4.69, 9.17) is 14.2 Å². The minimum Gasteiger partial charge on any atom is -0.493 e. The normalized spacial score (nSPS) is 13.7. The molecule has 3 N–H and O–H groups in total. The molecule has 0 radical (unpaired) electrons. The van der Waals surface area contributed by atoms with Gasteiger partial charge < -0.3 is 30.2 Å².